The monoisotopic (exact) mass is 318 g/mol. The van der Waals surface area contributed by atoms with E-state index in [0.29, 0.717) is 0 Å². The first-order valence-corrected chi connectivity index (χ1v) is 6.96. The lowest BCUT2D eigenvalue weighted by molar-refractivity contribution is -0.171. The molecular formula is C8H6N4O6S2. The van der Waals surface area contributed by atoms with Gasteiger partial charge in [0.05, 0.1) is 0 Å². The van der Waals surface area contributed by atoms with E-state index in [9.17, 15) is 4.79 Å². The Morgan fingerprint density at radius 1 is 1.20 bits per heavy atom. The Labute approximate surface area is 118 Å². The minimum absolute atomic E-state index is 0.00567. The van der Waals surface area contributed by atoms with Crippen LogP contribution in [0.2, 0.25) is 0 Å². The van der Waals surface area contributed by atoms with Gasteiger partial charge >= 0.3 is 5.97 Å². The van der Waals surface area contributed by atoms with Crippen molar-refractivity contribution >= 4 is 33.3 Å². The molecule has 0 saturated heterocycles. The molecule has 0 saturated carbocycles. The summed E-state index contributed by atoms with van der Waals surface area (Å²) in [4.78, 5) is 14.3. The number of hydrogen-bond acceptors (Lipinski definition) is 11. The number of carboxylic acids is 1. The predicted molar refractivity (Wildman–Crippen MR) is 64.4 cm³/mol. The Hall–Kier alpha value is -2.05. The van der Waals surface area contributed by atoms with Crippen molar-refractivity contribution in [1.29, 1.82) is 0 Å². The molecule has 10 nitrogen and oxygen atoms in total. The maximum Gasteiger partial charge on any atom is 0.312 e. The van der Waals surface area contributed by atoms with Gasteiger partial charge in [-0.1, -0.05) is 5.10 Å². The average molecular weight is 318 g/mol. The van der Waals surface area contributed by atoms with Gasteiger partial charge < -0.3 is 18.8 Å². The van der Waals surface area contributed by atoms with Crippen molar-refractivity contribution in [3.8, 4) is 0 Å². The van der Waals surface area contributed by atoms with Crippen molar-refractivity contribution in [2.24, 2.45) is 0 Å². The van der Waals surface area contributed by atoms with Gasteiger partial charge in [-0.05, 0) is 6.58 Å². The van der Waals surface area contributed by atoms with Gasteiger partial charge in [-0.3, -0.25) is 4.79 Å². The molecule has 0 atom stereocenters. The highest BCUT2D eigenvalue weighted by molar-refractivity contribution is 8.76. The lowest BCUT2D eigenvalue weighted by atomic mass is 10.4. The molecule has 0 bridgehead atoms. The molecule has 0 aromatic carbocycles. The van der Waals surface area contributed by atoms with Gasteiger partial charge in [-0.25, -0.2) is 5.26 Å². The molecule has 2 aromatic heterocycles. The van der Waals surface area contributed by atoms with E-state index in [0.717, 1.165) is 21.6 Å². The Kier molecular flexibility index (Phi) is 4.60. The van der Waals surface area contributed by atoms with E-state index >= 15 is 0 Å². The standard InChI is InChI=1S/C8H6N4O6S2/c1-3(18-15)6-10-12-8(17-6)20-19-7-11-9-4(16-7)2-5(13)14/h15H,1-2H2,(H,13,14). The first kappa shape index (κ1) is 14.4. The Morgan fingerprint density at radius 3 is 2.50 bits per heavy atom. The summed E-state index contributed by atoms with van der Waals surface area (Å²) in [6.45, 7) is 3.32. The smallest absolute Gasteiger partial charge is 0.312 e. The lowest BCUT2D eigenvalue weighted by Gasteiger charge is -1.92. The van der Waals surface area contributed by atoms with Crippen LogP contribution in [0.4, 0.5) is 0 Å². The van der Waals surface area contributed by atoms with E-state index < -0.39 is 5.97 Å². The van der Waals surface area contributed by atoms with Crippen LogP contribution in [0.25, 0.3) is 5.76 Å². The molecule has 0 aliphatic carbocycles. The molecule has 0 amide bonds. The topological polar surface area (TPSA) is 145 Å². The zero-order valence-corrected chi connectivity index (χ0v) is 11.2. The van der Waals surface area contributed by atoms with E-state index in [4.69, 9.17) is 19.2 Å². The SMILES string of the molecule is C=C(OO)c1nnc(SSc2nnc(CC(=O)O)o2)o1. The number of aliphatic carboxylic acids is 1. The van der Waals surface area contributed by atoms with Crippen LogP contribution in [-0.4, -0.2) is 36.7 Å². The maximum atomic E-state index is 10.4. The number of rotatable bonds is 7. The van der Waals surface area contributed by atoms with Crippen LogP contribution in [-0.2, 0) is 16.1 Å². The van der Waals surface area contributed by atoms with Crippen LogP contribution in [0.5, 0.6) is 0 Å². The zero-order chi connectivity index (χ0) is 14.5. The predicted octanol–water partition coefficient (Wildman–Crippen LogP) is 1.34. The highest BCUT2D eigenvalue weighted by atomic mass is 33.1. The second kappa shape index (κ2) is 6.40. The number of nitrogens with zero attached hydrogens (tertiary/aromatic N) is 4. The Balaban J connectivity index is 1.91. The van der Waals surface area contributed by atoms with E-state index in [1.165, 1.54) is 0 Å². The summed E-state index contributed by atoms with van der Waals surface area (Å²) in [6, 6.07) is 0. The lowest BCUT2D eigenvalue weighted by Crippen LogP contribution is -1.99. The fraction of sp³-hybridized carbons (Fsp3) is 0.125. The first-order valence-electron chi connectivity index (χ1n) is 4.81. The van der Waals surface area contributed by atoms with E-state index in [2.05, 4.69) is 31.9 Å². The third-order valence-electron chi connectivity index (χ3n) is 1.69. The van der Waals surface area contributed by atoms with Crippen LogP contribution >= 0.6 is 21.6 Å². The molecule has 12 heteroatoms. The fourth-order valence-corrected chi connectivity index (χ4v) is 2.31. The van der Waals surface area contributed by atoms with Crippen molar-refractivity contribution in [3.05, 3.63) is 18.4 Å². The maximum absolute atomic E-state index is 10.4. The summed E-state index contributed by atoms with van der Waals surface area (Å²) in [6.07, 6.45) is -0.351. The molecule has 2 rings (SSSR count). The van der Waals surface area contributed by atoms with E-state index in [-0.39, 0.29) is 34.4 Å². The number of aromatic nitrogens is 4. The third kappa shape index (κ3) is 3.72. The van der Waals surface area contributed by atoms with E-state index in [1.807, 2.05) is 0 Å². The summed E-state index contributed by atoms with van der Waals surface area (Å²) < 4.78 is 10.1. The van der Waals surface area contributed by atoms with Crippen LogP contribution in [0.3, 0.4) is 0 Å². The summed E-state index contributed by atoms with van der Waals surface area (Å²) in [5.41, 5.74) is 0. The largest absolute Gasteiger partial charge is 0.481 e. The minimum Gasteiger partial charge on any atom is -0.481 e. The van der Waals surface area contributed by atoms with Crippen LogP contribution in [0, 0.1) is 0 Å². The minimum atomic E-state index is -1.07. The molecule has 106 valence electrons. The van der Waals surface area contributed by atoms with Crippen molar-refractivity contribution in [2.45, 2.75) is 16.9 Å². The summed E-state index contributed by atoms with van der Waals surface area (Å²) in [5, 5.41) is 31.6. The molecule has 20 heavy (non-hydrogen) atoms. The van der Waals surface area contributed by atoms with Crippen molar-refractivity contribution in [2.75, 3.05) is 0 Å². The zero-order valence-electron chi connectivity index (χ0n) is 9.55. The Bertz CT molecular complexity index is 626. The second-order valence-electron chi connectivity index (χ2n) is 3.09. The highest BCUT2D eigenvalue weighted by Crippen LogP contribution is 2.36. The number of carboxylic acid groups (broad SMARTS) is 1. The summed E-state index contributed by atoms with van der Waals surface area (Å²) >= 11 is 0. The molecule has 0 fully saturated rings. The normalized spacial score (nSPS) is 10.4. The van der Waals surface area contributed by atoms with Gasteiger partial charge in [-0.2, -0.15) is 0 Å². The molecule has 2 heterocycles. The molecule has 0 radical (unpaired) electrons. The van der Waals surface area contributed by atoms with Crippen LogP contribution < -0.4 is 0 Å². The third-order valence-corrected chi connectivity index (χ3v) is 3.49. The van der Waals surface area contributed by atoms with E-state index in [1.54, 1.807) is 0 Å². The Morgan fingerprint density at radius 2 is 1.85 bits per heavy atom. The van der Waals surface area contributed by atoms with Gasteiger partial charge in [0.2, 0.25) is 11.6 Å². The van der Waals surface area contributed by atoms with Crippen molar-refractivity contribution < 1.29 is 28.9 Å². The van der Waals surface area contributed by atoms with Gasteiger partial charge in [0.1, 0.15) is 6.42 Å². The average Bonchev–Trinajstić information content (AvgIpc) is 3.04. The number of hydrogen-bond donors (Lipinski definition) is 2. The quantitative estimate of drug-likeness (QED) is 0.328. The summed E-state index contributed by atoms with van der Waals surface area (Å²) in [5.74, 6) is -1.33. The fourth-order valence-electron chi connectivity index (χ4n) is 0.939. The molecular weight excluding hydrogens is 312 g/mol. The van der Waals surface area contributed by atoms with Gasteiger partial charge in [0.25, 0.3) is 16.3 Å². The van der Waals surface area contributed by atoms with Crippen molar-refractivity contribution in [1.82, 2.24) is 20.4 Å². The number of carbonyl (C=O) groups is 1. The molecule has 0 spiro atoms. The van der Waals surface area contributed by atoms with Crippen molar-refractivity contribution in [3.63, 3.8) is 0 Å². The van der Waals surface area contributed by atoms with Gasteiger partial charge in [0, 0.05) is 21.6 Å². The summed E-state index contributed by atoms with van der Waals surface area (Å²) in [7, 11) is 2.02. The molecule has 0 unspecified atom stereocenters. The van der Waals surface area contributed by atoms with Gasteiger partial charge in [-0.15, -0.1) is 15.3 Å². The van der Waals surface area contributed by atoms with Gasteiger partial charge in [0.15, 0.2) is 0 Å². The van der Waals surface area contributed by atoms with Crippen LogP contribution in [0.15, 0.2) is 25.9 Å². The first-order chi connectivity index (χ1) is 9.58. The molecule has 0 aliphatic heterocycles. The highest BCUT2D eigenvalue weighted by Gasteiger charge is 2.15. The van der Waals surface area contributed by atoms with Crippen LogP contribution in [0.1, 0.15) is 11.8 Å². The molecule has 2 aromatic rings. The molecule has 2 N–H and O–H groups in total. The molecule has 0 aliphatic rings. The second-order valence-corrected chi connectivity index (χ2v) is 5.12.